The van der Waals surface area contributed by atoms with Crippen LogP contribution in [0.25, 0.3) is 0 Å². The van der Waals surface area contributed by atoms with Crippen molar-refractivity contribution in [3.8, 4) is 11.5 Å². The van der Waals surface area contributed by atoms with Gasteiger partial charge in [0.15, 0.2) is 11.5 Å². The average molecular weight is 370 g/mol. The Morgan fingerprint density at radius 2 is 1.63 bits per heavy atom. The highest BCUT2D eigenvalue weighted by Crippen LogP contribution is 2.27. The Kier molecular flexibility index (Phi) is 7.25. The van der Waals surface area contributed by atoms with Crippen LogP contribution in [-0.4, -0.2) is 33.2 Å². The summed E-state index contributed by atoms with van der Waals surface area (Å²) < 4.78 is 10.5. The van der Waals surface area contributed by atoms with Gasteiger partial charge in [-0.1, -0.05) is 39.0 Å². The van der Waals surface area contributed by atoms with Crippen LogP contribution < -0.4 is 20.1 Å². The van der Waals surface area contributed by atoms with E-state index < -0.39 is 0 Å². The number of anilines is 1. The number of hydrogen-bond donors (Lipinski definition) is 2. The van der Waals surface area contributed by atoms with Gasteiger partial charge in [-0.05, 0) is 53.8 Å². The largest absolute Gasteiger partial charge is 0.493 e. The van der Waals surface area contributed by atoms with E-state index in [0.29, 0.717) is 18.0 Å². The third-order valence-electron chi connectivity index (χ3n) is 4.36. The van der Waals surface area contributed by atoms with Crippen LogP contribution in [0.2, 0.25) is 0 Å². The molecule has 0 heterocycles. The quantitative estimate of drug-likeness (QED) is 0.695. The number of ether oxygens (including phenoxy) is 2. The highest BCUT2D eigenvalue weighted by Gasteiger charge is 2.13. The Morgan fingerprint density at radius 1 is 0.963 bits per heavy atom. The van der Waals surface area contributed by atoms with Crippen LogP contribution >= 0.6 is 0 Å². The van der Waals surface area contributed by atoms with Crippen molar-refractivity contribution < 1.29 is 14.3 Å². The highest BCUT2D eigenvalue weighted by atomic mass is 16.5. The zero-order chi connectivity index (χ0) is 19.9. The summed E-state index contributed by atoms with van der Waals surface area (Å²) >= 11 is 0. The van der Waals surface area contributed by atoms with Gasteiger partial charge in [0.05, 0.1) is 20.8 Å². The first-order valence-electron chi connectivity index (χ1n) is 9.15. The third kappa shape index (κ3) is 6.29. The van der Waals surface area contributed by atoms with Gasteiger partial charge in [0, 0.05) is 5.69 Å². The fraction of sp³-hybridized carbons (Fsp3) is 0.409. The summed E-state index contributed by atoms with van der Waals surface area (Å²) in [6, 6.07) is 13.9. The van der Waals surface area contributed by atoms with E-state index in [1.54, 1.807) is 14.2 Å². The molecular weight excluding hydrogens is 340 g/mol. The molecule has 5 nitrogen and oxygen atoms in total. The van der Waals surface area contributed by atoms with Crippen LogP contribution in [0.5, 0.6) is 11.5 Å². The van der Waals surface area contributed by atoms with Crippen molar-refractivity contribution in [3.63, 3.8) is 0 Å². The first-order valence-corrected chi connectivity index (χ1v) is 9.15. The van der Waals surface area contributed by atoms with Crippen LogP contribution in [0.15, 0.2) is 42.5 Å². The first-order chi connectivity index (χ1) is 12.8. The molecule has 2 N–H and O–H groups in total. The topological polar surface area (TPSA) is 59.6 Å². The van der Waals surface area contributed by atoms with Crippen LogP contribution in [0.4, 0.5) is 5.69 Å². The van der Waals surface area contributed by atoms with E-state index in [4.69, 9.17) is 9.47 Å². The van der Waals surface area contributed by atoms with Crippen LogP contribution in [0.1, 0.15) is 31.9 Å². The minimum absolute atomic E-state index is 0.0502. The molecule has 146 valence electrons. The smallest absolute Gasteiger partial charge is 0.238 e. The van der Waals surface area contributed by atoms with Gasteiger partial charge in [0.25, 0.3) is 0 Å². The van der Waals surface area contributed by atoms with Gasteiger partial charge in [-0.3, -0.25) is 4.79 Å². The average Bonchev–Trinajstić information content (AvgIpc) is 2.64. The lowest BCUT2D eigenvalue weighted by Gasteiger charge is -2.19. The Bertz CT molecular complexity index is 749. The number of benzene rings is 2. The van der Waals surface area contributed by atoms with Gasteiger partial charge in [0.1, 0.15) is 0 Å². The van der Waals surface area contributed by atoms with Crippen molar-refractivity contribution in [3.05, 3.63) is 53.6 Å². The molecule has 0 bridgehead atoms. The number of rotatable bonds is 8. The van der Waals surface area contributed by atoms with Gasteiger partial charge in [-0.25, -0.2) is 0 Å². The molecule has 5 heteroatoms. The van der Waals surface area contributed by atoms with Crippen LogP contribution in [-0.2, 0) is 16.6 Å². The zero-order valence-corrected chi connectivity index (χ0v) is 16.9. The Morgan fingerprint density at radius 3 is 2.22 bits per heavy atom. The van der Waals surface area contributed by atoms with Crippen molar-refractivity contribution in [1.29, 1.82) is 0 Å². The molecule has 1 amide bonds. The lowest BCUT2D eigenvalue weighted by Crippen LogP contribution is -2.29. The maximum atomic E-state index is 12.1. The molecule has 0 fully saturated rings. The Balaban J connectivity index is 1.76. The second kappa shape index (κ2) is 9.42. The number of carbonyl (C=O) groups is 1. The van der Waals surface area contributed by atoms with Gasteiger partial charge < -0.3 is 20.1 Å². The molecule has 0 saturated heterocycles. The summed E-state index contributed by atoms with van der Waals surface area (Å²) in [6.07, 6.45) is 0.800. The number of amides is 1. The summed E-state index contributed by atoms with van der Waals surface area (Å²) in [5, 5.41) is 6.09. The van der Waals surface area contributed by atoms with E-state index in [9.17, 15) is 4.79 Å². The molecule has 27 heavy (non-hydrogen) atoms. The predicted octanol–water partition coefficient (Wildman–Crippen LogP) is 3.77. The van der Waals surface area contributed by atoms with E-state index in [0.717, 1.165) is 17.7 Å². The molecule has 2 aromatic rings. The second-order valence-corrected chi connectivity index (χ2v) is 7.49. The summed E-state index contributed by atoms with van der Waals surface area (Å²) in [4.78, 5) is 12.1. The molecule has 0 aliphatic carbocycles. The first kappa shape index (κ1) is 20.8. The number of carbonyl (C=O) groups excluding carboxylic acids is 1. The maximum Gasteiger partial charge on any atom is 0.238 e. The van der Waals surface area contributed by atoms with Crippen molar-refractivity contribution in [2.45, 2.75) is 32.6 Å². The molecule has 0 unspecified atom stereocenters. The molecule has 0 radical (unpaired) electrons. The summed E-state index contributed by atoms with van der Waals surface area (Å²) in [5.41, 5.74) is 3.29. The monoisotopic (exact) mass is 370 g/mol. The molecule has 0 aromatic heterocycles. The van der Waals surface area contributed by atoms with Gasteiger partial charge >= 0.3 is 0 Å². The lowest BCUT2D eigenvalue weighted by atomic mass is 9.87. The van der Waals surface area contributed by atoms with Crippen LogP contribution in [0.3, 0.4) is 0 Å². The Hall–Kier alpha value is -2.53. The molecule has 0 aliphatic rings. The number of methoxy groups -OCH3 is 2. The van der Waals surface area contributed by atoms with Gasteiger partial charge in [-0.15, -0.1) is 0 Å². The SMILES string of the molecule is COc1ccc(CCNCC(=O)Nc2ccc(C(C)(C)C)cc2)cc1OC. The molecular formula is C22H30N2O3. The fourth-order valence-corrected chi connectivity index (χ4v) is 2.73. The van der Waals surface area contributed by atoms with Gasteiger partial charge in [0.2, 0.25) is 5.91 Å². The van der Waals surface area contributed by atoms with Gasteiger partial charge in [-0.2, -0.15) is 0 Å². The third-order valence-corrected chi connectivity index (χ3v) is 4.36. The minimum Gasteiger partial charge on any atom is -0.493 e. The molecule has 0 aliphatic heterocycles. The van der Waals surface area contributed by atoms with E-state index in [-0.39, 0.29) is 17.9 Å². The second-order valence-electron chi connectivity index (χ2n) is 7.49. The summed E-state index contributed by atoms with van der Waals surface area (Å²) in [5.74, 6) is 1.38. The summed E-state index contributed by atoms with van der Waals surface area (Å²) in [6.45, 7) is 7.48. The molecule has 2 rings (SSSR count). The van der Waals surface area contributed by atoms with Crippen LogP contribution in [0, 0.1) is 0 Å². The van der Waals surface area contributed by atoms with E-state index in [1.165, 1.54) is 5.56 Å². The summed E-state index contributed by atoms with van der Waals surface area (Å²) in [7, 11) is 3.24. The normalized spacial score (nSPS) is 11.1. The minimum atomic E-state index is -0.0502. The molecule has 0 spiro atoms. The van der Waals surface area contributed by atoms with E-state index in [2.05, 4.69) is 43.5 Å². The van der Waals surface area contributed by atoms with Crippen molar-refractivity contribution >= 4 is 11.6 Å². The van der Waals surface area contributed by atoms with Crippen molar-refractivity contribution in [2.75, 3.05) is 32.6 Å². The zero-order valence-electron chi connectivity index (χ0n) is 16.9. The number of nitrogens with one attached hydrogen (secondary N) is 2. The van der Waals surface area contributed by atoms with Crippen molar-refractivity contribution in [2.24, 2.45) is 0 Å². The van der Waals surface area contributed by atoms with E-state index in [1.807, 2.05) is 30.3 Å². The highest BCUT2D eigenvalue weighted by molar-refractivity contribution is 5.92. The predicted molar refractivity (Wildman–Crippen MR) is 110 cm³/mol. The maximum absolute atomic E-state index is 12.1. The molecule has 0 saturated carbocycles. The lowest BCUT2D eigenvalue weighted by molar-refractivity contribution is -0.115. The number of hydrogen-bond acceptors (Lipinski definition) is 4. The molecule has 0 atom stereocenters. The standard InChI is InChI=1S/C22H30N2O3/c1-22(2,3)17-7-9-18(10-8-17)24-21(25)15-23-13-12-16-6-11-19(26-4)20(14-16)27-5/h6-11,14,23H,12-13,15H2,1-5H3,(H,24,25). The van der Waals surface area contributed by atoms with E-state index >= 15 is 0 Å². The fourth-order valence-electron chi connectivity index (χ4n) is 2.73. The Labute approximate surface area is 162 Å². The van der Waals surface area contributed by atoms with Crippen molar-refractivity contribution in [1.82, 2.24) is 5.32 Å². The molecule has 2 aromatic carbocycles.